The zero-order valence-electron chi connectivity index (χ0n) is 18.9. The molecule has 1 nitrogen and oxygen atoms in total. The molecule has 6 heteroatoms. The lowest BCUT2D eigenvalue weighted by Gasteiger charge is -2.34. The second-order valence-corrected chi connectivity index (χ2v) is 8.58. The van der Waals surface area contributed by atoms with Crippen LogP contribution in [0.4, 0.5) is 22.0 Å². The summed E-state index contributed by atoms with van der Waals surface area (Å²) in [7, 11) is 0. The van der Waals surface area contributed by atoms with Crippen molar-refractivity contribution in [3.8, 4) is 0 Å². The highest BCUT2D eigenvalue weighted by atomic mass is 19.2. The third-order valence-corrected chi connectivity index (χ3v) is 5.94. The fraction of sp³-hybridized carbons (Fsp3) is 0.750. The molecule has 1 unspecified atom stereocenters. The molecule has 0 saturated carbocycles. The minimum absolute atomic E-state index is 0.176. The number of rotatable bonds is 15. The molecule has 0 fully saturated rings. The van der Waals surface area contributed by atoms with E-state index >= 15 is 0 Å². The standard InChI is InChI=1S/C24H37F5O/c1-5-7-8-9-10-11-14-17(24(3,4)30-6-2)15-12-13-16-18-19(25)21(27)23(29)22(28)20(18)26/h17H,5-16H2,1-4H3. The van der Waals surface area contributed by atoms with Gasteiger partial charge in [-0.1, -0.05) is 51.9 Å². The van der Waals surface area contributed by atoms with Crippen LogP contribution in [0.2, 0.25) is 0 Å². The highest BCUT2D eigenvalue weighted by molar-refractivity contribution is 5.24. The van der Waals surface area contributed by atoms with Gasteiger partial charge in [0.2, 0.25) is 5.82 Å². The SMILES string of the molecule is CCCCCCCCC(CCCCc1c(F)c(F)c(F)c(F)c1F)C(C)(C)OCC. The van der Waals surface area contributed by atoms with Gasteiger partial charge in [-0.2, -0.15) is 0 Å². The van der Waals surface area contributed by atoms with Crippen LogP contribution in [0.5, 0.6) is 0 Å². The Hall–Kier alpha value is -1.17. The lowest BCUT2D eigenvalue weighted by molar-refractivity contribution is -0.0605. The van der Waals surface area contributed by atoms with E-state index in [9.17, 15) is 22.0 Å². The summed E-state index contributed by atoms with van der Waals surface area (Å²) in [5.74, 6) is -9.01. The number of ether oxygens (including phenoxy) is 1. The summed E-state index contributed by atoms with van der Waals surface area (Å²) in [5.41, 5.74) is -1.04. The largest absolute Gasteiger partial charge is 0.376 e. The summed E-state index contributed by atoms with van der Waals surface area (Å²) < 4.78 is 73.5. The Kier molecular flexibility index (Phi) is 11.9. The maximum absolute atomic E-state index is 13.8. The first-order valence-electron chi connectivity index (χ1n) is 11.3. The van der Waals surface area contributed by atoms with Crippen molar-refractivity contribution < 1.29 is 26.7 Å². The summed E-state index contributed by atoms with van der Waals surface area (Å²) in [5, 5.41) is 0. The monoisotopic (exact) mass is 436 g/mol. The van der Waals surface area contributed by atoms with Gasteiger partial charge in [0.25, 0.3) is 0 Å². The van der Waals surface area contributed by atoms with Crippen LogP contribution in [-0.2, 0) is 11.2 Å². The van der Waals surface area contributed by atoms with Gasteiger partial charge in [-0.25, -0.2) is 22.0 Å². The summed E-state index contributed by atoms with van der Waals surface area (Å²) in [6.45, 7) is 8.86. The molecule has 0 radical (unpaired) electrons. The molecular weight excluding hydrogens is 399 g/mol. The van der Waals surface area contributed by atoms with Crippen LogP contribution in [0.15, 0.2) is 0 Å². The van der Waals surface area contributed by atoms with Gasteiger partial charge in [0.15, 0.2) is 23.3 Å². The van der Waals surface area contributed by atoms with Gasteiger partial charge >= 0.3 is 0 Å². The average molecular weight is 437 g/mol. The van der Waals surface area contributed by atoms with Crippen molar-refractivity contribution in [2.24, 2.45) is 5.92 Å². The summed E-state index contributed by atoms with van der Waals surface area (Å²) in [4.78, 5) is 0. The van der Waals surface area contributed by atoms with E-state index in [2.05, 4.69) is 20.8 Å². The van der Waals surface area contributed by atoms with E-state index in [4.69, 9.17) is 4.74 Å². The van der Waals surface area contributed by atoms with Gasteiger partial charge < -0.3 is 4.74 Å². The number of benzene rings is 1. The van der Waals surface area contributed by atoms with Gasteiger partial charge in [0, 0.05) is 12.2 Å². The Morgan fingerprint density at radius 1 is 0.667 bits per heavy atom. The number of unbranched alkanes of at least 4 members (excludes halogenated alkanes) is 6. The fourth-order valence-corrected chi connectivity index (χ4v) is 4.06. The number of hydrogen-bond donors (Lipinski definition) is 0. The van der Waals surface area contributed by atoms with E-state index in [0.29, 0.717) is 19.4 Å². The molecule has 30 heavy (non-hydrogen) atoms. The quantitative estimate of drug-likeness (QED) is 0.116. The van der Waals surface area contributed by atoms with E-state index in [-0.39, 0.29) is 17.9 Å². The Morgan fingerprint density at radius 3 is 1.67 bits per heavy atom. The third-order valence-electron chi connectivity index (χ3n) is 5.94. The molecule has 0 aromatic heterocycles. The van der Waals surface area contributed by atoms with Gasteiger partial charge in [-0.3, -0.25) is 0 Å². The van der Waals surface area contributed by atoms with Gasteiger partial charge in [0.1, 0.15) is 0 Å². The first-order valence-corrected chi connectivity index (χ1v) is 11.3. The Morgan fingerprint density at radius 2 is 1.13 bits per heavy atom. The predicted octanol–water partition coefficient (Wildman–Crippen LogP) is 8.28. The second-order valence-electron chi connectivity index (χ2n) is 8.58. The number of halogens is 5. The first-order chi connectivity index (χ1) is 14.2. The zero-order chi connectivity index (χ0) is 22.7. The molecule has 1 aromatic carbocycles. The minimum atomic E-state index is -2.11. The molecule has 0 heterocycles. The molecule has 0 N–H and O–H groups in total. The highest BCUT2D eigenvalue weighted by Gasteiger charge is 2.29. The van der Waals surface area contributed by atoms with Crippen LogP contribution >= 0.6 is 0 Å². The predicted molar refractivity (Wildman–Crippen MR) is 111 cm³/mol. The summed E-state index contributed by atoms with van der Waals surface area (Å²) in [6, 6.07) is 0. The molecule has 1 rings (SSSR count). The van der Waals surface area contributed by atoms with Crippen molar-refractivity contribution >= 4 is 0 Å². The van der Waals surface area contributed by atoms with Crippen molar-refractivity contribution in [3.63, 3.8) is 0 Å². The molecule has 0 spiro atoms. The molecule has 0 saturated heterocycles. The van der Waals surface area contributed by atoms with E-state index < -0.39 is 34.6 Å². The Bertz CT molecular complexity index is 616. The summed E-state index contributed by atoms with van der Waals surface area (Å²) in [6.07, 6.45) is 9.81. The smallest absolute Gasteiger partial charge is 0.200 e. The molecular formula is C24H37F5O. The molecule has 0 aliphatic heterocycles. The molecule has 1 atom stereocenters. The zero-order valence-corrected chi connectivity index (χ0v) is 18.9. The van der Waals surface area contributed by atoms with E-state index in [1.165, 1.54) is 32.1 Å². The normalized spacial score (nSPS) is 13.1. The van der Waals surface area contributed by atoms with E-state index in [1.54, 1.807) is 0 Å². The van der Waals surface area contributed by atoms with Gasteiger partial charge in [-0.15, -0.1) is 0 Å². The Labute approximate surface area is 178 Å². The fourth-order valence-electron chi connectivity index (χ4n) is 4.06. The number of hydrogen-bond acceptors (Lipinski definition) is 1. The topological polar surface area (TPSA) is 9.23 Å². The first kappa shape index (κ1) is 26.9. The van der Waals surface area contributed by atoms with Crippen LogP contribution in [0.1, 0.15) is 97.5 Å². The highest BCUT2D eigenvalue weighted by Crippen LogP contribution is 2.32. The van der Waals surface area contributed by atoms with Gasteiger partial charge in [-0.05, 0) is 52.4 Å². The average Bonchev–Trinajstić information content (AvgIpc) is 2.70. The van der Waals surface area contributed by atoms with Crippen molar-refractivity contribution in [1.82, 2.24) is 0 Å². The lowest BCUT2D eigenvalue weighted by Crippen LogP contribution is -2.34. The van der Waals surface area contributed by atoms with Crippen molar-refractivity contribution in [1.29, 1.82) is 0 Å². The minimum Gasteiger partial charge on any atom is -0.376 e. The van der Waals surface area contributed by atoms with Crippen LogP contribution < -0.4 is 0 Å². The molecule has 0 amide bonds. The second kappa shape index (κ2) is 13.3. The van der Waals surface area contributed by atoms with Crippen LogP contribution in [0.3, 0.4) is 0 Å². The summed E-state index contributed by atoms with van der Waals surface area (Å²) >= 11 is 0. The van der Waals surface area contributed by atoms with Crippen molar-refractivity contribution in [2.75, 3.05) is 6.61 Å². The van der Waals surface area contributed by atoms with Crippen molar-refractivity contribution in [2.45, 2.75) is 104 Å². The van der Waals surface area contributed by atoms with Crippen LogP contribution in [0.25, 0.3) is 0 Å². The maximum atomic E-state index is 13.8. The molecule has 174 valence electrons. The molecule has 0 bridgehead atoms. The third kappa shape index (κ3) is 7.82. The van der Waals surface area contributed by atoms with E-state index in [0.717, 1.165) is 19.3 Å². The van der Waals surface area contributed by atoms with Gasteiger partial charge in [0.05, 0.1) is 5.60 Å². The van der Waals surface area contributed by atoms with Crippen LogP contribution in [0, 0.1) is 35.0 Å². The van der Waals surface area contributed by atoms with Crippen molar-refractivity contribution in [3.05, 3.63) is 34.6 Å². The van der Waals surface area contributed by atoms with Crippen LogP contribution in [-0.4, -0.2) is 12.2 Å². The molecule has 0 aliphatic rings. The Balaban J connectivity index is 2.63. The maximum Gasteiger partial charge on any atom is 0.200 e. The molecule has 1 aromatic rings. The molecule has 0 aliphatic carbocycles. The lowest BCUT2D eigenvalue weighted by atomic mass is 9.82. The van der Waals surface area contributed by atoms with E-state index in [1.807, 2.05) is 6.92 Å².